The minimum absolute atomic E-state index is 0.00861. The van der Waals surface area contributed by atoms with E-state index in [9.17, 15) is 4.79 Å². The molecule has 0 bridgehead atoms. The van der Waals surface area contributed by atoms with Gasteiger partial charge in [-0.05, 0) is 30.7 Å². The SMILES string of the molecule is CCN(CC)C(=O)c1c(N)ccc2ccccc12. The highest BCUT2D eigenvalue weighted by Gasteiger charge is 2.18. The molecule has 2 rings (SSSR count). The number of benzene rings is 2. The molecule has 0 radical (unpaired) electrons. The average molecular weight is 242 g/mol. The summed E-state index contributed by atoms with van der Waals surface area (Å²) in [5.41, 5.74) is 7.16. The van der Waals surface area contributed by atoms with Crippen molar-refractivity contribution in [2.24, 2.45) is 0 Å². The lowest BCUT2D eigenvalue weighted by molar-refractivity contribution is 0.0776. The highest BCUT2D eigenvalue weighted by atomic mass is 16.2. The Labute approximate surface area is 107 Å². The number of hydrogen-bond acceptors (Lipinski definition) is 2. The fourth-order valence-corrected chi connectivity index (χ4v) is 2.20. The first-order chi connectivity index (χ1) is 8.69. The molecule has 0 aliphatic rings. The molecule has 18 heavy (non-hydrogen) atoms. The van der Waals surface area contributed by atoms with Crippen LogP contribution < -0.4 is 5.73 Å². The Balaban J connectivity index is 2.62. The molecule has 3 nitrogen and oxygen atoms in total. The van der Waals surface area contributed by atoms with Gasteiger partial charge in [0.2, 0.25) is 0 Å². The predicted molar refractivity (Wildman–Crippen MR) is 75.6 cm³/mol. The van der Waals surface area contributed by atoms with Crippen molar-refractivity contribution >= 4 is 22.4 Å². The lowest BCUT2D eigenvalue weighted by atomic mass is 10.0. The number of anilines is 1. The maximum atomic E-state index is 12.5. The van der Waals surface area contributed by atoms with Crippen molar-refractivity contribution in [1.82, 2.24) is 4.90 Å². The molecule has 0 fully saturated rings. The van der Waals surface area contributed by atoms with Gasteiger partial charge in [0.1, 0.15) is 0 Å². The Morgan fingerprint density at radius 2 is 1.78 bits per heavy atom. The van der Waals surface area contributed by atoms with Crippen LogP contribution in [-0.4, -0.2) is 23.9 Å². The number of nitrogen functional groups attached to an aromatic ring is 1. The molecule has 0 heterocycles. The molecule has 0 saturated carbocycles. The van der Waals surface area contributed by atoms with Crippen LogP contribution in [0.3, 0.4) is 0 Å². The van der Waals surface area contributed by atoms with Crippen LogP contribution in [-0.2, 0) is 0 Å². The molecule has 0 unspecified atom stereocenters. The van der Waals surface area contributed by atoms with Crippen LogP contribution in [0.25, 0.3) is 10.8 Å². The number of hydrogen-bond donors (Lipinski definition) is 1. The van der Waals surface area contributed by atoms with E-state index in [2.05, 4.69) is 0 Å². The Morgan fingerprint density at radius 1 is 1.11 bits per heavy atom. The van der Waals surface area contributed by atoms with E-state index in [0.29, 0.717) is 24.3 Å². The first kappa shape index (κ1) is 12.4. The summed E-state index contributed by atoms with van der Waals surface area (Å²) in [5, 5.41) is 1.97. The monoisotopic (exact) mass is 242 g/mol. The first-order valence-corrected chi connectivity index (χ1v) is 6.25. The topological polar surface area (TPSA) is 46.3 Å². The molecule has 0 saturated heterocycles. The molecule has 0 atom stereocenters. The van der Waals surface area contributed by atoms with Crippen molar-refractivity contribution in [2.45, 2.75) is 13.8 Å². The van der Waals surface area contributed by atoms with E-state index in [0.717, 1.165) is 10.8 Å². The lowest BCUT2D eigenvalue weighted by Gasteiger charge is -2.20. The number of rotatable bonds is 3. The van der Waals surface area contributed by atoms with E-state index in [1.165, 1.54) is 0 Å². The number of amides is 1. The maximum absolute atomic E-state index is 12.5. The maximum Gasteiger partial charge on any atom is 0.256 e. The third kappa shape index (κ3) is 2.04. The molecule has 2 aromatic carbocycles. The summed E-state index contributed by atoms with van der Waals surface area (Å²) in [6.45, 7) is 5.33. The van der Waals surface area contributed by atoms with E-state index in [4.69, 9.17) is 5.73 Å². The molecule has 0 aliphatic carbocycles. The molecule has 0 spiro atoms. The van der Waals surface area contributed by atoms with Crippen LogP contribution in [0.5, 0.6) is 0 Å². The standard InChI is InChI=1S/C15H18N2O/c1-3-17(4-2)15(18)14-12-8-6-5-7-11(12)9-10-13(14)16/h5-10H,3-4,16H2,1-2H3. The average Bonchev–Trinajstić information content (AvgIpc) is 2.39. The summed E-state index contributed by atoms with van der Waals surface area (Å²) < 4.78 is 0. The molecule has 0 aromatic heterocycles. The molecule has 1 amide bonds. The van der Waals surface area contributed by atoms with Crippen LogP contribution in [0.1, 0.15) is 24.2 Å². The van der Waals surface area contributed by atoms with Gasteiger partial charge in [0, 0.05) is 18.8 Å². The first-order valence-electron chi connectivity index (χ1n) is 6.25. The normalized spacial score (nSPS) is 10.6. The smallest absolute Gasteiger partial charge is 0.256 e. The minimum atomic E-state index is 0.00861. The van der Waals surface area contributed by atoms with Crippen molar-refractivity contribution < 1.29 is 4.79 Å². The van der Waals surface area contributed by atoms with E-state index in [1.54, 1.807) is 11.0 Å². The largest absolute Gasteiger partial charge is 0.398 e. The van der Waals surface area contributed by atoms with E-state index >= 15 is 0 Å². The lowest BCUT2D eigenvalue weighted by Crippen LogP contribution is -2.31. The highest BCUT2D eigenvalue weighted by molar-refractivity contribution is 6.11. The van der Waals surface area contributed by atoms with Gasteiger partial charge in [-0.2, -0.15) is 0 Å². The molecular formula is C15H18N2O. The van der Waals surface area contributed by atoms with Crippen molar-refractivity contribution in [3.63, 3.8) is 0 Å². The fraction of sp³-hybridized carbons (Fsp3) is 0.267. The van der Waals surface area contributed by atoms with Gasteiger partial charge in [0.15, 0.2) is 0 Å². The zero-order chi connectivity index (χ0) is 13.1. The van der Waals surface area contributed by atoms with Crippen LogP contribution in [0.4, 0.5) is 5.69 Å². The van der Waals surface area contributed by atoms with Crippen LogP contribution >= 0.6 is 0 Å². The van der Waals surface area contributed by atoms with Gasteiger partial charge in [0.25, 0.3) is 5.91 Å². The number of carbonyl (C=O) groups is 1. The van der Waals surface area contributed by atoms with Crippen molar-refractivity contribution in [1.29, 1.82) is 0 Å². The minimum Gasteiger partial charge on any atom is -0.398 e. The quantitative estimate of drug-likeness (QED) is 0.841. The van der Waals surface area contributed by atoms with E-state index in [1.807, 2.05) is 44.2 Å². The highest BCUT2D eigenvalue weighted by Crippen LogP contribution is 2.25. The number of nitrogens with two attached hydrogens (primary N) is 1. The van der Waals surface area contributed by atoms with Crippen LogP contribution in [0.2, 0.25) is 0 Å². The van der Waals surface area contributed by atoms with Gasteiger partial charge < -0.3 is 10.6 Å². The van der Waals surface area contributed by atoms with Gasteiger partial charge in [-0.25, -0.2) is 0 Å². The molecule has 2 aromatic rings. The van der Waals surface area contributed by atoms with Gasteiger partial charge in [0.05, 0.1) is 5.56 Å². The van der Waals surface area contributed by atoms with Crippen LogP contribution in [0, 0.1) is 0 Å². The van der Waals surface area contributed by atoms with Crippen molar-refractivity contribution in [3.8, 4) is 0 Å². The van der Waals surface area contributed by atoms with Crippen LogP contribution in [0.15, 0.2) is 36.4 Å². The summed E-state index contributed by atoms with van der Waals surface area (Å²) in [6, 6.07) is 11.6. The van der Waals surface area contributed by atoms with Gasteiger partial charge >= 0.3 is 0 Å². The van der Waals surface area contributed by atoms with Gasteiger partial charge in [-0.15, -0.1) is 0 Å². The summed E-state index contributed by atoms with van der Waals surface area (Å²) in [4.78, 5) is 14.3. The Hall–Kier alpha value is -2.03. The zero-order valence-electron chi connectivity index (χ0n) is 10.8. The van der Waals surface area contributed by atoms with Crippen molar-refractivity contribution in [2.75, 3.05) is 18.8 Å². The summed E-state index contributed by atoms with van der Waals surface area (Å²) in [7, 11) is 0. The summed E-state index contributed by atoms with van der Waals surface area (Å²) in [5.74, 6) is 0.00861. The Kier molecular flexibility index (Phi) is 3.51. The summed E-state index contributed by atoms with van der Waals surface area (Å²) in [6.07, 6.45) is 0. The second kappa shape index (κ2) is 5.08. The number of nitrogens with zero attached hydrogens (tertiary/aromatic N) is 1. The molecular weight excluding hydrogens is 224 g/mol. The van der Waals surface area contributed by atoms with Gasteiger partial charge in [-0.1, -0.05) is 30.3 Å². The Bertz CT molecular complexity index is 574. The predicted octanol–water partition coefficient (Wildman–Crippen LogP) is 2.90. The second-order valence-corrected chi connectivity index (χ2v) is 4.23. The number of carbonyl (C=O) groups excluding carboxylic acids is 1. The van der Waals surface area contributed by atoms with Crippen molar-refractivity contribution in [3.05, 3.63) is 42.0 Å². The van der Waals surface area contributed by atoms with E-state index in [-0.39, 0.29) is 5.91 Å². The van der Waals surface area contributed by atoms with Gasteiger partial charge in [-0.3, -0.25) is 4.79 Å². The third-order valence-corrected chi connectivity index (χ3v) is 3.23. The fourth-order valence-electron chi connectivity index (χ4n) is 2.20. The second-order valence-electron chi connectivity index (χ2n) is 4.23. The third-order valence-electron chi connectivity index (χ3n) is 3.23. The Morgan fingerprint density at radius 3 is 2.44 bits per heavy atom. The summed E-state index contributed by atoms with van der Waals surface area (Å²) >= 11 is 0. The number of fused-ring (bicyclic) bond motifs is 1. The molecule has 94 valence electrons. The molecule has 3 heteroatoms. The van der Waals surface area contributed by atoms with E-state index < -0.39 is 0 Å². The molecule has 2 N–H and O–H groups in total. The zero-order valence-corrected chi connectivity index (χ0v) is 10.8. The molecule has 0 aliphatic heterocycles.